The molecule has 0 atom stereocenters. The fraction of sp³-hybridized carbons (Fsp3) is 0.200. The summed E-state index contributed by atoms with van der Waals surface area (Å²) < 4.78 is 4.52. The van der Waals surface area contributed by atoms with Crippen LogP contribution in [0.15, 0.2) is 48.5 Å². The van der Waals surface area contributed by atoms with E-state index in [-0.39, 0.29) is 0 Å². The average Bonchev–Trinajstić information content (AvgIpc) is 2.84. The van der Waals surface area contributed by atoms with Crippen LogP contribution in [0.3, 0.4) is 0 Å². The lowest BCUT2D eigenvalue weighted by Gasteiger charge is -2.20. The van der Waals surface area contributed by atoms with Gasteiger partial charge in [0.15, 0.2) is 0 Å². The smallest absolute Gasteiger partial charge is 0.0785 e. The first kappa shape index (κ1) is 14.1. The monoisotopic (exact) mass is 368 g/mol. The third-order valence-corrected chi connectivity index (χ3v) is 5.13. The van der Waals surface area contributed by atoms with Gasteiger partial charge in [0.1, 0.15) is 0 Å². The maximum atomic E-state index is 6.34. The van der Waals surface area contributed by atoms with Gasteiger partial charge >= 0.3 is 0 Å². The van der Waals surface area contributed by atoms with Crippen LogP contribution in [0.1, 0.15) is 6.42 Å². The molecule has 0 saturated carbocycles. The van der Waals surface area contributed by atoms with Gasteiger partial charge in [-0.25, -0.2) is 0 Å². The van der Waals surface area contributed by atoms with Crippen molar-refractivity contribution in [3.8, 4) is 0 Å². The molecule has 3 rings (SSSR count). The first-order valence-corrected chi connectivity index (χ1v) is 8.69. The van der Waals surface area contributed by atoms with Crippen LogP contribution in [-0.2, 0) is 0 Å². The Labute approximate surface area is 137 Å². The van der Waals surface area contributed by atoms with Gasteiger partial charge in [0.05, 0.1) is 34.2 Å². The lowest BCUT2D eigenvalue weighted by Crippen LogP contribution is -2.15. The van der Waals surface area contributed by atoms with Crippen LogP contribution >= 0.6 is 39.7 Å². The van der Waals surface area contributed by atoms with Gasteiger partial charge in [-0.15, -0.1) is 0 Å². The largest absolute Gasteiger partial charge is 0.296 e. The standard InChI is InChI=1S/C15H14BrClN2S/c16-10-5-11-18-14-8-3-4-9-15(14)19(20-18)13-7-2-1-6-12(13)17/h1-4,6-9H,5,10-11H2. The summed E-state index contributed by atoms with van der Waals surface area (Å²) in [6.07, 6.45) is 1.11. The first-order valence-electron chi connectivity index (χ1n) is 6.46. The van der Waals surface area contributed by atoms with Crippen LogP contribution in [0.5, 0.6) is 0 Å². The number of halogens is 2. The number of benzene rings is 2. The molecule has 2 nitrogen and oxygen atoms in total. The van der Waals surface area contributed by atoms with Gasteiger partial charge in [0.25, 0.3) is 0 Å². The second kappa shape index (κ2) is 6.29. The SMILES string of the molecule is Clc1ccccc1N1SN(CCCBr)c2ccccc21. The van der Waals surface area contributed by atoms with Gasteiger partial charge in [-0.05, 0) is 30.7 Å². The van der Waals surface area contributed by atoms with E-state index in [9.17, 15) is 0 Å². The molecule has 1 heterocycles. The van der Waals surface area contributed by atoms with Gasteiger partial charge in [0.2, 0.25) is 0 Å². The van der Waals surface area contributed by atoms with Crippen molar-refractivity contribution < 1.29 is 0 Å². The third kappa shape index (κ3) is 2.65. The number of rotatable bonds is 4. The Morgan fingerprint density at radius 3 is 2.30 bits per heavy atom. The number of nitrogens with zero attached hydrogens (tertiary/aromatic N) is 2. The molecule has 0 bridgehead atoms. The zero-order chi connectivity index (χ0) is 13.9. The highest BCUT2D eigenvalue weighted by molar-refractivity contribution is 9.09. The van der Waals surface area contributed by atoms with E-state index in [1.54, 1.807) is 12.1 Å². The minimum Gasteiger partial charge on any atom is -0.296 e. The highest BCUT2D eigenvalue weighted by Gasteiger charge is 2.28. The first-order chi connectivity index (χ1) is 9.81. The molecular formula is C15H14BrClN2S. The minimum atomic E-state index is 0.775. The van der Waals surface area contributed by atoms with Crippen LogP contribution in [-0.4, -0.2) is 11.9 Å². The molecule has 1 aliphatic heterocycles. The van der Waals surface area contributed by atoms with Crippen molar-refractivity contribution in [2.24, 2.45) is 0 Å². The number of para-hydroxylation sites is 3. The van der Waals surface area contributed by atoms with E-state index in [4.69, 9.17) is 11.6 Å². The highest BCUT2D eigenvalue weighted by Crippen LogP contribution is 2.50. The normalized spacial score (nSPS) is 13.7. The highest BCUT2D eigenvalue weighted by atomic mass is 79.9. The Balaban J connectivity index is 1.97. The number of hydrogen-bond acceptors (Lipinski definition) is 3. The van der Waals surface area contributed by atoms with Crippen LogP contribution in [0.2, 0.25) is 5.02 Å². The van der Waals surface area contributed by atoms with Crippen molar-refractivity contribution in [1.82, 2.24) is 0 Å². The molecule has 0 spiro atoms. The second-order valence-electron chi connectivity index (χ2n) is 4.46. The van der Waals surface area contributed by atoms with Crippen molar-refractivity contribution in [2.75, 3.05) is 20.5 Å². The van der Waals surface area contributed by atoms with Gasteiger partial charge < -0.3 is 0 Å². The van der Waals surface area contributed by atoms with Crippen molar-refractivity contribution in [3.63, 3.8) is 0 Å². The summed E-state index contributed by atoms with van der Waals surface area (Å²) in [6, 6.07) is 16.4. The predicted octanol–water partition coefficient (Wildman–Crippen LogP) is 5.65. The van der Waals surface area contributed by atoms with Crippen molar-refractivity contribution in [1.29, 1.82) is 0 Å². The zero-order valence-electron chi connectivity index (χ0n) is 10.8. The van der Waals surface area contributed by atoms with E-state index in [1.807, 2.05) is 18.2 Å². The number of hydrogen-bond donors (Lipinski definition) is 0. The van der Waals surface area contributed by atoms with E-state index in [0.29, 0.717) is 0 Å². The quantitative estimate of drug-likeness (QED) is 0.508. The molecule has 1 aliphatic rings. The van der Waals surface area contributed by atoms with E-state index in [2.05, 4.69) is 54.9 Å². The Morgan fingerprint density at radius 1 is 0.950 bits per heavy atom. The van der Waals surface area contributed by atoms with E-state index >= 15 is 0 Å². The van der Waals surface area contributed by atoms with Crippen LogP contribution < -0.4 is 8.61 Å². The Morgan fingerprint density at radius 2 is 1.60 bits per heavy atom. The molecule has 2 aromatic carbocycles. The van der Waals surface area contributed by atoms with Crippen molar-refractivity contribution in [3.05, 3.63) is 53.6 Å². The molecule has 0 aromatic heterocycles. The summed E-state index contributed by atoms with van der Waals surface area (Å²) in [6.45, 7) is 1.01. The molecule has 20 heavy (non-hydrogen) atoms. The molecule has 0 radical (unpaired) electrons. The summed E-state index contributed by atoms with van der Waals surface area (Å²) in [7, 11) is 0. The molecule has 0 fully saturated rings. The molecule has 0 saturated heterocycles. The maximum absolute atomic E-state index is 6.34. The molecule has 0 N–H and O–H groups in total. The summed E-state index contributed by atoms with van der Waals surface area (Å²) in [5, 5.41) is 1.79. The van der Waals surface area contributed by atoms with Crippen molar-refractivity contribution >= 4 is 56.7 Å². The Hall–Kier alpha value is -0.840. The number of fused-ring (bicyclic) bond motifs is 1. The molecule has 0 unspecified atom stereocenters. The molecule has 2 aromatic rings. The van der Waals surface area contributed by atoms with Gasteiger partial charge in [0, 0.05) is 11.9 Å². The van der Waals surface area contributed by atoms with Crippen LogP contribution in [0.25, 0.3) is 0 Å². The van der Waals surface area contributed by atoms with Crippen molar-refractivity contribution in [2.45, 2.75) is 6.42 Å². The number of alkyl halides is 1. The Bertz CT molecular complexity index is 608. The molecule has 0 aliphatic carbocycles. The van der Waals surface area contributed by atoms with E-state index < -0.39 is 0 Å². The lowest BCUT2D eigenvalue weighted by atomic mass is 10.2. The van der Waals surface area contributed by atoms with E-state index in [0.717, 1.165) is 29.0 Å². The van der Waals surface area contributed by atoms with E-state index in [1.165, 1.54) is 11.4 Å². The third-order valence-electron chi connectivity index (χ3n) is 3.12. The minimum absolute atomic E-state index is 0.775. The molecule has 0 amide bonds. The van der Waals surface area contributed by atoms with Gasteiger partial charge in [-0.3, -0.25) is 8.61 Å². The zero-order valence-corrected chi connectivity index (χ0v) is 14.0. The molecular weight excluding hydrogens is 356 g/mol. The van der Waals surface area contributed by atoms with Crippen LogP contribution in [0, 0.1) is 0 Å². The summed E-state index contributed by atoms with van der Waals surface area (Å²) >= 11 is 11.5. The summed E-state index contributed by atoms with van der Waals surface area (Å²) in [5.74, 6) is 0. The lowest BCUT2D eigenvalue weighted by molar-refractivity contribution is 0.952. The summed E-state index contributed by atoms with van der Waals surface area (Å²) in [5.41, 5.74) is 3.48. The molecule has 104 valence electrons. The van der Waals surface area contributed by atoms with Gasteiger partial charge in [-0.2, -0.15) is 0 Å². The van der Waals surface area contributed by atoms with Crippen LogP contribution in [0.4, 0.5) is 17.1 Å². The maximum Gasteiger partial charge on any atom is 0.0785 e. The summed E-state index contributed by atoms with van der Waals surface area (Å²) in [4.78, 5) is 0. The second-order valence-corrected chi connectivity index (χ2v) is 6.63. The average molecular weight is 370 g/mol. The Kier molecular flexibility index (Phi) is 4.44. The fourth-order valence-corrected chi connectivity index (χ4v) is 3.85. The van der Waals surface area contributed by atoms with Gasteiger partial charge in [-0.1, -0.05) is 51.8 Å². The predicted molar refractivity (Wildman–Crippen MR) is 93.4 cm³/mol. The fourth-order valence-electron chi connectivity index (χ4n) is 2.19. The topological polar surface area (TPSA) is 6.48 Å². The molecule has 5 heteroatoms. The number of anilines is 3.